The average molecular weight is 429 g/mol. The molecule has 3 aromatic rings. The second kappa shape index (κ2) is 9.54. The van der Waals surface area contributed by atoms with E-state index in [1.807, 2.05) is 30.3 Å². The highest BCUT2D eigenvalue weighted by Crippen LogP contribution is 2.20. The molecule has 12 heteroatoms. The van der Waals surface area contributed by atoms with Crippen LogP contribution in [0.1, 0.15) is 16.1 Å². The molecule has 0 bridgehead atoms. The molecule has 0 saturated heterocycles. The van der Waals surface area contributed by atoms with Gasteiger partial charge in [0.05, 0.1) is 19.2 Å². The Morgan fingerprint density at radius 2 is 1.97 bits per heavy atom. The minimum atomic E-state index is -0.868. The average Bonchev–Trinajstić information content (AvgIpc) is 3.25. The van der Waals surface area contributed by atoms with Crippen LogP contribution in [0.3, 0.4) is 0 Å². The molecule has 162 valence electrons. The van der Waals surface area contributed by atoms with E-state index >= 15 is 0 Å². The first-order valence-corrected chi connectivity index (χ1v) is 9.10. The first-order valence-electron chi connectivity index (χ1n) is 9.10. The fourth-order valence-corrected chi connectivity index (χ4v) is 2.76. The SMILES string of the molecule is COCCn1c(NC(=O)c2ccc([N+](=O)[O-])o2)c(NCc2ccccc2)c(=O)[nH]c1=O. The summed E-state index contributed by atoms with van der Waals surface area (Å²) in [5.41, 5.74) is -0.701. The lowest BCUT2D eigenvalue weighted by Gasteiger charge is -2.17. The van der Waals surface area contributed by atoms with E-state index in [0.717, 1.165) is 22.3 Å². The lowest BCUT2D eigenvalue weighted by molar-refractivity contribution is -0.402. The van der Waals surface area contributed by atoms with Gasteiger partial charge in [0, 0.05) is 13.7 Å². The normalized spacial score (nSPS) is 10.6. The van der Waals surface area contributed by atoms with Crippen LogP contribution >= 0.6 is 0 Å². The number of nitrogens with one attached hydrogen (secondary N) is 3. The van der Waals surface area contributed by atoms with E-state index in [9.17, 15) is 24.5 Å². The Morgan fingerprint density at radius 1 is 1.23 bits per heavy atom. The van der Waals surface area contributed by atoms with Gasteiger partial charge in [-0.25, -0.2) is 4.79 Å². The number of methoxy groups -OCH3 is 1. The van der Waals surface area contributed by atoms with Gasteiger partial charge in [-0.2, -0.15) is 0 Å². The zero-order chi connectivity index (χ0) is 22.4. The predicted octanol–water partition coefficient (Wildman–Crippen LogP) is 1.55. The number of carbonyl (C=O) groups excluding carboxylic acids is 1. The Hall–Kier alpha value is -4.19. The number of hydrogen-bond donors (Lipinski definition) is 3. The van der Waals surface area contributed by atoms with Crippen molar-refractivity contribution in [2.45, 2.75) is 13.1 Å². The Kier molecular flexibility index (Phi) is 6.62. The quantitative estimate of drug-likeness (QED) is 0.341. The number of nitro groups is 1. The number of anilines is 2. The highest BCUT2D eigenvalue weighted by atomic mass is 16.6. The number of furan rings is 1. The van der Waals surface area contributed by atoms with E-state index in [2.05, 4.69) is 15.6 Å². The van der Waals surface area contributed by atoms with Gasteiger partial charge in [0.2, 0.25) is 0 Å². The molecular weight excluding hydrogens is 410 g/mol. The Morgan fingerprint density at radius 3 is 2.61 bits per heavy atom. The molecule has 1 aromatic carbocycles. The zero-order valence-corrected chi connectivity index (χ0v) is 16.4. The lowest BCUT2D eigenvalue weighted by Crippen LogP contribution is -2.36. The molecule has 0 atom stereocenters. The fourth-order valence-electron chi connectivity index (χ4n) is 2.76. The van der Waals surface area contributed by atoms with E-state index in [1.165, 1.54) is 7.11 Å². The monoisotopic (exact) mass is 429 g/mol. The van der Waals surface area contributed by atoms with Crippen molar-refractivity contribution in [2.75, 3.05) is 24.4 Å². The largest absolute Gasteiger partial charge is 0.433 e. The zero-order valence-electron chi connectivity index (χ0n) is 16.4. The predicted molar refractivity (Wildman–Crippen MR) is 110 cm³/mol. The van der Waals surface area contributed by atoms with Gasteiger partial charge in [0.25, 0.3) is 11.5 Å². The van der Waals surface area contributed by atoms with Crippen molar-refractivity contribution in [3.63, 3.8) is 0 Å². The molecule has 0 saturated carbocycles. The molecule has 12 nitrogen and oxygen atoms in total. The second-order valence-electron chi connectivity index (χ2n) is 6.32. The van der Waals surface area contributed by atoms with Gasteiger partial charge < -0.3 is 19.8 Å². The Labute approximate surface area is 174 Å². The van der Waals surface area contributed by atoms with Crippen molar-refractivity contribution in [2.24, 2.45) is 0 Å². The molecule has 0 aliphatic rings. The number of carbonyl (C=O) groups is 1. The number of rotatable bonds is 9. The van der Waals surface area contributed by atoms with E-state index in [-0.39, 0.29) is 37.0 Å². The van der Waals surface area contributed by atoms with Crippen molar-refractivity contribution >= 4 is 23.3 Å². The van der Waals surface area contributed by atoms with Crippen molar-refractivity contribution in [3.05, 3.63) is 84.7 Å². The van der Waals surface area contributed by atoms with Crippen LogP contribution < -0.4 is 21.9 Å². The van der Waals surface area contributed by atoms with Crippen LogP contribution in [0.25, 0.3) is 0 Å². The molecule has 0 spiro atoms. The summed E-state index contributed by atoms with van der Waals surface area (Å²) in [6, 6.07) is 11.3. The van der Waals surface area contributed by atoms with Crippen LogP contribution in [0, 0.1) is 10.1 Å². The van der Waals surface area contributed by atoms with Gasteiger partial charge in [-0.3, -0.25) is 29.3 Å². The summed E-state index contributed by atoms with van der Waals surface area (Å²) in [5.74, 6) is -1.96. The van der Waals surface area contributed by atoms with Crippen molar-refractivity contribution in [3.8, 4) is 0 Å². The van der Waals surface area contributed by atoms with Gasteiger partial charge in [0.15, 0.2) is 5.76 Å². The standard InChI is InChI=1S/C19H19N5O7/c1-30-10-9-23-16(21-17(25)13-7-8-14(31-13)24(28)29)15(18(26)22-19(23)27)20-11-12-5-3-2-4-6-12/h2-8,20H,9-11H2,1H3,(H,21,25)(H,22,26,27). The topological polar surface area (TPSA) is 161 Å². The van der Waals surface area contributed by atoms with Gasteiger partial charge >= 0.3 is 11.6 Å². The minimum Gasteiger partial charge on any atom is -0.395 e. The smallest absolute Gasteiger partial charge is 0.395 e. The van der Waals surface area contributed by atoms with Crippen molar-refractivity contribution in [1.29, 1.82) is 0 Å². The van der Waals surface area contributed by atoms with Gasteiger partial charge in [-0.05, 0) is 11.6 Å². The van der Waals surface area contributed by atoms with Crippen LogP contribution in [0.15, 0.2) is 56.5 Å². The number of hydrogen-bond acceptors (Lipinski definition) is 8. The minimum absolute atomic E-state index is 0.0278. The number of aromatic nitrogens is 2. The number of benzene rings is 1. The molecule has 1 amide bonds. The van der Waals surface area contributed by atoms with Gasteiger partial charge in [-0.1, -0.05) is 30.3 Å². The van der Waals surface area contributed by atoms with Gasteiger partial charge in [-0.15, -0.1) is 0 Å². The van der Waals surface area contributed by atoms with E-state index < -0.39 is 28.0 Å². The van der Waals surface area contributed by atoms with Crippen LogP contribution in [0.4, 0.5) is 17.4 Å². The van der Waals surface area contributed by atoms with Crippen LogP contribution in [0.2, 0.25) is 0 Å². The molecule has 0 radical (unpaired) electrons. The maximum Gasteiger partial charge on any atom is 0.433 e. The van der Waals surface area contributed by atoms with Gasteiger partial charge in [0.1, 0.15) is 16.4 Å². The second-order valence-corrected chi connectivity index (χ2v) is 6.32. The number of ether oxygens (including phenoxy) is 1. The molecule has 0 fully saturated rings. The first-order chi connectivity index (χ1) is 14.9. The van der Waals surface area contributed by atoms with Crippen LogP contribution in [0.5, 0.6) is 0 Å². The van der Waals surface area contributed by atoms with Crippen molar-refractivity contribution < 1.29 is 18.9 Å². The number of aromatic amines is 1. The summed E-state index contributed by atoms with van der Waals surface area (Å²) >= 11 is 0. The first kappa shape index (κ1) is 21.5. The third-order valence-electron chi connectivity index (χ3n) is 4.26. The maximum absolute atomic E-state index is 12.6. The number of nitrogens with zero attached hydrogens (tertiary/aromatic N) is 2. The third kappa shape index (κ3) is 5.05. The molecule has 3 rings (SSSR count). The molecule has 31 heavy (non-hydrogen) atoms. The summed E-state index contributed by atoms with van der Waals surface area (Å²) < 4.78 is 11.0. The van der Waals surface area contributed by atoms with E-state index in [4.69, 9.17) is 9.15 Å². The fraction of sp³-hybridized carbons (Fsp3) is 0.211. The summed E-state index contributed by atoms with van der Waals surface area (Å²) in [7, 11) is 1.44. The Balaban J connectivity index is 1.98. The third-order valence-corrected chi connectivity index (χ3v) is 4.26. The summed E-state index contributed by atoms with van der Waals surface area (Å²) in [6.07, 6.45) is 0. The van der Waals surface area contributed by atoms with E-state index in [0.29, 0.717) is 0 Å². The summed E-state index contributed by atoms with van der Waals surface area (Å²) in [6.45, 7) is 0.390. The lowest BCUT2D eigenvalue weighted by atomic mass is 10.2. The van der Waals surface area contributed by atoms with Crippen LogP contribution in [-0.4, -0.2) is 34.1 Å². The maximum atomic E-state index is 12.6. The molecular formula is C19H19N5O7. The molecule has 3 N–H and O–H groups in total. The summed E-state index contributed by atoms with van der Waals surface area (Å²) in [5, 5.41) is 16.2. The highest BCUT2D eigenvalue weighted by Gasteiger charge is 2.22. The summed E-state index contributed by atoms with van der Waals surface area (Å²) in [4.78, 5) is 49.7. The number of amides is 1. The van der Waals surface area contributed by atoms with Crippen molar-refractivity contribution in [1.82, 2.24) is 9.55 Å². The highest BCUT2D eigenvalue weighted by molar-refractivity contribution is 6.03. The molecule has 0 unspecified atom stereocenters. The molecule has 2 aromatic heterocycles. The molecule has 2 heterocycles. The molecule has 0 aliphatic heterocycles. The Bertz CT molecular complexity index is 1200. The van der Waals surface area contributed by atoms with Crippen LogP contribution in [-0.2, 0) is 17.8 Å². The molecule has 0 aliphatic carbocycles. The van der Waals surface area contributed by atoms with E-state index in [1.54, 1.807) is 0 Å². The number of H-pyrrole nitrogens is 1.